The van der Waals surface area contributed by atoms with Crippen molar-refractivity contribution in [3.05, 3.63) is 64.2 Å². The molecule has 2 nitrogen and oxygen atoms in total. The van der Waals surface area contributed by atoms with Crippen LogP contribution in [0.1, 0.15) is 23.0 Å². The summed E-state index contributed by atoms with van der Waals surface area (Å²) < 4.78 is 13.8. The van der Waals surface area contributed by atoms with Crippen molar-refractivity contribution < 1.29 is 4.39 Å². The molecule has 0 aliphatic rings. The summed E-state index contributed by atoms with van der Waals surface area (Å²) in [5.74, 6) is -0.239. The van der Waals surface area contributed by atoms with Gasteiger partial charge in [-0.05, 0) is 56.3 Å². The third-order valence-electron chi connectivity index (χ3n) is 3.05. The fraction of sp³-hybridized carbons (Fsp3) is 0.267. The Balaban J connectivity index is 2.26. The van der Waals surface area contributed by atoms with E-state index in [1.165, 1.54) is 6.07 Å². The second kappa shape index (κ2) is 6.13. The predicted molar refractivity (Wildman–Crippen MR) is 75.9 cm³/mol. The third-order valence-corrected chi connectivity index (χ3v) is 3.28. The lowest BCUT2D eigenvalue weighted by molar-refractivity contribution is 0.544. The van der Waals surface area contributed by atoms with Gasteiger partial charge in [0, 0.05) is 10.7 Å². The summed E-state index contributed by atoms with van der Waals surface area (Å²) in [5, 5.41) is 3.71. The van der Waals surface area contributed by atoms with Gasteiger partial charge in [-0.1, -0.05) is 17.7 Å². The third kappa shape index (κ3) is 3.52. The molecule has 1 unspecified atom stereocenters. The Morgan fingerprint density at radius 3 is 2.79 bits per heavy atom. The monoisotopic (exact) mass is 278 g/mol. The van der Waals surface area contributed by atoms with Crippen molar-refractivity contribution in [3.63, 3.8) is 0 Å². The predicted octanol–water partition coefficient (Wildman–Crippen LogP) is 3.69. The number of nitrogens with one attached hydrogen (secondary N) is 1. The molecule has 0 aliphatic carbocycles. The summed E-state index contributed by atoms with van der Waals surface area (Å²) in [6.07, 6.45) is 0.513. The molecule has 0 amide bonds. The van der Waals surface area contributed by atoms with E-state index < -0.39 is 0 Å². The number of hydrogen-bond donors (Lipinski definition) is 1. The summed E-state index contributed by atoms with van der Waals surface area (Å²) >= 11 is 5.91. The van der Waals surface area contributed by atoms with E-state index in [0.29, 0.717) is 17.0 Å². The van der Waals surface area contributed by atoms with E-state index in [4.69, 9.17) is 11.6 Å². The van der Waals surface area contributed by atoms with Crippen molar-refractivity contribution in [2.75, 3.05) is 7.05 Å². The first-order valence-corrected chi connectivity index (χ1v) is 6.52. The van der Waals surface area contributed by atoms with Gasteiger partial charge in [-0.3, -0.25) is 4.98 Å². The average molecular weight is 279 g/mol. The Morgan fingerprint density at radius 2 is 2.11 bits per heavy atom. The smallest absolute Gasteiger partial charge is 0.126 e. The Labute approximate surface area is 117 Å². The van der Waals surface area contributed by atoms with Crippen LogP contribution in [0.5, 0.6) is 0 Å². The van der Waals surface area contributed by atoms with E-state index in [-0.39, 0.29) is 11.9 Å². The summed E-state index contributed by atoms with van der Waals surface area (Å²) in [5.41, 5.74) is 2.45. The minimum Gasteiger partial charge on any atom is -0.311 e. The molecular formula is C15H16ClFN2. The first kappa shape index (κ1) is 14.0. The summed E-state index contributed by atoms with van der Waals surface area (Å²) in [6, 6.07) is 10.4. The maximum Gasteiger partial charge on any atom is 0.126 e. The maximum absolute atomic E-state index is 13.8. The summed E-state index contributed by atoms with van der Waals surface area (Å²) in [4.78, 5) is 4.47. The molecule has 100 valence electrons. The molecule has 0 spiro atoms. The molecule has 1 N–H and O–H groups in total. The van der Waals surface area contributed by atoms with Crippen LogP contribution in [-0.2, 0) is 6.42 Å². The first-order valence-electron chi connectivity index (χ1n) is 6.15. The van der Waals surface area contributed by atoms with Crippen LogP contribution in [0.25, 0.3) is 0 Å². The number of pyridine rings is 1. The Bertz CT molecular complexity index is 572. The highest BCUT2D eigenvalue weighted by molar-refractivity contribution is 6.30. The zero-order valence-corrected chi connectivity index (χ0v) is 11.7. The number of aromatic nitrogens is 1. The number of rotatable bonds is 4. The van der Waals surface area contributed by atoms with Gasteiger partial charge in [0.2, 0.25) is 0 Å². The standard InChI is InChI=1S/C15H16ClFN2/c1-10-4-3-5-14(19-10)15(18-2)9-11-8-12(16)6-7-13(11)17/h3-8,15,18H,9H2,1-2H3. The van der Waals surface area contributed by atoms with Gasteiger partial charge in [-0.25, -0.2) is 4.39 Å². The second-order valence-electron chi connectivity index (χ2n) is 4.48. The van der Waals surface area contributed by atoms with Crippen LogP contribution >= 0.6 is 11.6 Å². The molecule has 19 heavy (non-hydrogen) atoms. The number of aryl methyl sites for hydroxylation is 1. The minimum absolute atomic E-state index is 0.0344. The van der Waals surface area contributed by atoms with Crippen molar-refractivity contribution >= 4 is 11.6 Å². The van der Waals surface area contributed by atoms with Crippen molar-refractivity contribution in [2.24, 2.45) is 0 Å². The molecule has 0 fully saturated rings. The van der Waals surface area contributed by atoms with Crippen molar-refractivity contribution in [3.8, 4) is 0 Å². The highest BCUT2D eigenvalue weighted by Gasteiger charge is 2.14. The lowest BCUT2D eigenvalue weighted by Crippen LogP contribution is -2.20. The quantitative estimate of drug-likeness (QED) is 0.923. The molecule has 0 saturated heterocycles. The Hall–Kier alpha value is -1.45. The van der Waals surface area contributed by atoms with Crippen LogP contribution < -0.4 is 5.32 Å². The van der Waals surface area contributed by atoms with Crippen molar-refractivity contribution in [1.29, 1.82) is 0 Å². The van der Waals surface area contributed by atoms with Crippen molar-refractivity contribution in [1.82, 2.24) is 10.3 Å². The van der Waals surface area contributed by atoms with Crippen LogP contribution in [0.2, 0.25) is 5.02 Å². The van der Waals surface area contributed by atoms with E-state index in [9.17, 15) is 4.39 Å². The van der Waals surface area contributed by atoms with Crippen LogP contribution in [0.4, 0.5) is 4.39 Å². The van der Waals surface area contributed by atoms with Gasteiger partial charge >= 0.3 is 0 Å². The first-order chi connectivity index (χ1) is 9.10. The van der Waals surface area contributed by atoms with Crippen LogP contribution in [0, 0.1) is 12.7 Å². The van der Waals surface area contributed by atoms with E-state index in [1.54, 1.807) is 12.1 Å². The lowest BCUT2D eigenvalue weighted by Gasteiger charge is -2.16. The zero-order valence-electron chi connectivity index (χ0n) is 11.0. The molecule has 0 saturated carbocycles. The Kier molecular flexibility index (Phi) is 4.51. The van der Waals surface area contributed by atoms with Crippen LogP contribution in [0.15, 0.2) is 36.4 Å². The largest absolute Gasteiger partial charge is 0.311 e. The van der Waals surface area contributed by atoms with Gasteiger partial charge in [-0.15, -0.1) is 0 Å². The highest BCUT2D eigenvalue weighted by atomic mass is 35.5. The van der Waals surface area contributed by atoms with E-state index >= 15 is 0 Å². The SMILES string of the molecule is CNC(Cc1cc(Cl)ccc1F)c1cccc(C)n1. The molecular weight excluding hydrogens is 263 g/mol. The van der Waals surface area contributed by atoms with Crippen LogP contribution in [0.3, 0.4) is 0 Å². The lowest BCUT2D eigenvalue weighted by atomic mass is 10.0. The molecule has 2 aromatic rings. The molecule has 2 rings (SSSR count). The molecule has 1 aromatic carbocycles. The number of hydrogen-bond acceptors (Lipinski definition) is 2. The van der Waals surface area contributed by atoms with Gasteiger partial charge in [-0.2, -0.15) is 0 Å². The molecule has 0 radical (unpaired) electrons. The second-order valence-corrected chi connectivity index (χ2v) is 4.92. The van der Waals surface area contributed by atoms with Gasteiger partial charge in [0.1, 0.15) is 5.82 Å². The molecule has 1 atom stereocenters. The van der Waals surface area contributed by atoms with Gasteiger partial charge in [0.25, 0.3) is 0 Å². The normalized spacial score (nSPS) is 12.4. The number of likely N-dealkylation sites (N-methyl/N-ethyl adjacent to an activating group) is 1. The number of nitrogens with zero attached hydrogens (tertiary/aromatic N) is 1. The maximum atomic E-state index is 13.8. The van der Waals surface area contributed by atoms with Crippen molar-refractivity contribution in [2.45, 2.75) is 19.4 Å². The van der Waals surface area contributed by atoms with E-state index in [1.807, 2.05) is 32.2 Å². The molecule has 4 heteroatoms. The van der Waals surface area contributed by atoms with Gasteiger partial charge < -0.3 is 5.32 Å². The minimum atomic E-state index is -0.239. The summed E-state index contributed by atoms with van der Waals surface area (Å²) in [6.45, 7) is 1.94. The number of halogens is 2. The molecule has 1 heterocycles. The fourth-order valence-corrected chi connectivity index (χ4v) is 2.23. The Morgan fingerprint density at radius 1 is 1.32 bits per heavy atom. The molecule has 1 aromatic heterocycles. The number of benzene rings is 1. The van der Waals surface area contributed by atoms with E-state index in [0.717, 1.165) is 11.4 Å². The molecule has 0 bridgehead atoms. The van der Waals surface area contributed by atoms with Crippen LogP contribution in [-0.4, -0.2) is 12.0 Å². The summed E-state index contributed by atoms with van der Waals surface area (Å²) in [7, 11) is 1.84. The van der Waals surface area contributed by atoms with Gasteiger partial charge in [0.15, 0.2) is 0 Å². The molecule has 0 aliphatic heterocycles. The topological polar surface area (TPSA) is 24.9 Å². The highest BCUT2D eigenvalue weighted by Crippen LogP contribution is 2.21. The van der Waals surface area contributed by atoms with Gasteiger partial charge in [0.05, 0.1) is 11.7 Å². The average Bonchev–Trinajstić information content (AvgIpc) is 2.39. The zero-order chi connectivity index (χ0) is 13.8. The fourth-order valence-electron chi connectivity index (χ4n) is 2.03. The van der Waals surface area contributed by atoms with E-state index in [2.05, 4.69) is 10.3 Å².